The van der Waals surface area contributed by atoms with Crippen LogP contribution in [-0.2, 0) is 10.0 Å². The Morgan fingerprint density at radius 2 is 1.78 bits per heavy atom. The SMILES string of the molecule is C=C(C)c1ccc(S(=O)(=O)Nc2nc(-c3cc[n+]([O-])cc3)nc(Cl)c2Oc2ccccc2OC)nc1. The number of rotatable bonds is 8. The van der Waals surface area contributed by atoms with Gasteiger partial charge in [0.2, 0.25) is 5.75 Å². The van der Waals surface area contributed by atoms with Crippen LogP contribution in [0.1, 0.15) is 12.5 Å². The van der Waals surface area contributed by atoms with Gasteiger partial charge in [0, 0.05) is 23.9 Å². The smallest absolute Gasteiger partial charge is 0.280 e. The Labute approximate surface area is 212 Å². The van der Waals surface area contributed by atoms with Crippen molar-refractivity contribution in [2.75, 3.05) is 11.8 Å². The number of methoxy groups -OCH3 is 1. The van der Waals surface area contributed by atoms with Crippen LogP contribution < -0.4 is 18.9 Å². The molecule has 0 fully saturated rings. The van der Waals surface area contributed by atoms with Crippen molar-refractivity contribution in [3.63, 3.8) is 0 Å². The van der Waals surface area contributed by atoms with E-state index in [2.05, 4.69) is 26.3 Å². The van der Waals surface area contributed by atoms with Crippen molar-refractivity contribution >= 4 is 33.0 Å². The minimum absolute atomic E-state index is 0.0660. The summed E-state index contributed by atoms with van der Waals surface area (Å²) in [5.74, 6) is 0.319. The predicted octanol–water partition coefficient (Wildman–Crippen LogP) is 4.46. The fourth-order valence-corrected chi connectivity index (χ4v) is 4.20. The van der Waals surface area contributed by atoms with E-state index in [-0.39, 0.29) is 33.3 Å². The highest BCUT2D eigenvalue weighted by molar-refractivity contribution is 7.92. The quantitative estimate of drug-likeness (QED) is 0.203. The molecule has 0 saturated heterocycles. The van der Waals surface area contributed by atoms with Crippen LogP contribution in [0.4, 0.5) is 5.82 Å². The molecule has 36 heavy (non-hydrogen) atoms. The van der Waals surface area contributed by atoms with Gasteiger partial charge in [0.05, 0.1) is 7.11 Å². The molecule has 12 heteroatoms. The van der Waals surface area contributed by atoms with Crippen LogP contribution in [-0.4, -0.2) is 30.5 Å². The number of nitrogens with one attached hydrogen (secondary N) is 1. The molecule has 3 heterocycles. The molecule has 0 aliphatic carbocycles. The molecule has 1 N–H and O–H groups in total. The molecule has 0 radical (unpaired) electrons. The third kappa shape index (κ3) is 5.37. The van der Waals surface area contributed by atoms with Crippen molar-refractivity contribution in [1.82, 2.24) is 15.0 Å². The van der Waals surface area contributed by atoms with Crippen molar-refractivity contribution in [3.8, 4) is 28.6 Å². The van der Waals surface area contributed by atoms with Crippen LogP contribution >= 0.6 is 11.6 Å². The van der Waals surface area contributed by atoms with E-state index in [1.807, 2.05) is 0 Å². The van der Waals surface area contributed by atoms with Gasteiger partial charge < -0.3 is 14.7 Å². The Bertz CT molecular complexity index is 1530. The lowest BCUT2D eigenvalue weighted by Gasteiger charge is -2.16. The lowest BCUT2D eigenvalue weighted by atomic mass is 10.2. The maximum atomic E-state index is 13.2. The summed E-state index contributed by atoms with van der Waals surface area (Å²) in [4.78, 5) is 12.6. The first-order chi connectivity index (χ1) is 17.2. The molecule has 184 valence electrons. The number of allylic oxidation sites excluding steroid dienone is 1. The molecular formula is C24H20ClN5O5S. The van der Waals surface area contributed by atoms with Crippen LogP contribution in [0, 0.1) is 5.21 Å². The summed E-state index contributed by atoms with van der Waals surface area (Å²) >= 11 is 6.45. The maximum absolute atomic E-state index is 13.2. The first-order valence-electron chi connectivity index (χ1n) is 10.4. The second-order valence-corrected chi connectivity index (χ2v) is 9.47. The maximum Gasteiger partial charge on any atom is 0.280 e. The highest BCUT2D eigenvalue weighted by Gasteiger charge is 2.24. The number of benzene rings is 1. The average Bonchev–Trinajstić information content (AvgIpc) is 2.86. The topological polar surface area (TPSA) is 130 Å². The molecule has 1 aromatic carbocycles. The molecular weight excluding hydrogens is 506 g/mol. The number of pyridine rings is 2. The molecule has 4 rings (SSSR count). The molecule has 0 unspecified atom stereocenters. The Balaban J connectivity index is 1.81. The summed E-state index contributed by atoms with van der Waals surface area (Å²) < 4.78 is 40.6. The van der Waals surface area contributed by atoms with E-state index in [4.69, 9.17) is 21.1 Å². The van der Waals surface area contributed by atoms with E-state index in [0.717, 1.165) is 5.57 Å². The van der Waals surface area contributed by atoms with Gasteiger partial charge in [0.1, 0.15) is 0 Å². The number of para-hydroxylation sites is 2. The number of nitrogens with zero attached hydrogens (tertiary/aromatic N) is 4. The standard InChI is InChI=1S/C24H20ClN5O5S/c1-15(2)17-8-9-20(26-14-17)36(32,33)29-24-21(35-19-7-5-4-6-18(19)34-3)22(25)27-23(28-24)16-10-12-30(31)13-11-16/h4-14H,1H2,2-3H3,(H,27,28,29). The molecule has 0 saturated carbocycles. The Kier molecular flexibility index (Phi) is 7.04. The summed E-state index contributed by atoms with van der Waals surface area (Å²) in [6, 6.07) is 12.6. The monoisotopic (exact) mass is 525 g/mol. The van der Waals surface area contributed by atoms with E-state index in [1.54, 1.807) is 37.3 Å². The Morgan fingerprint density at radius 3 is 2.39 bits per heavy atom. The summed E-state index contributed by atoms with van der Waals surface area (Å²) in [5.41, 5.74) is 1.86. The van der Waals surface area contributed by atoms with E-state index in [1.165, 1.54) is 43.9 Å². The lowest BCUT2D eigenvalue weighted by molar-refractivity contribution is -0.605. The van der Waals surface area contributed by atoms with Crippen molar-refractivity contribution in [1.29, 1.82) is 0 Å². The summed E-state index contributed by atoms with van der Waals surface area (Å²) in [5, 5.41) is 11.0. The number of aromatic nitrogens is 4. The second kappa shape index (κ2) is 10.2. The number of anilines is 1. The highest BCUT2D eigenvalue weighted by atomic mass is 35.5. The second-order valence-electron chi connectivity index (χ2n) is 7.49. The first kappa shape index (κ1) is 24.9. The zero-order valence-corrected chi connectivity index (χ0v) is 20.7. The van der Waals surface area contributed by atoms with Gasteiger partial charge in [-0.15, -0.1) is 0 Å². The minimum Gasteiger partial charge on any atom is -0.619 e. The molecule has 0 aliphatic heterocycles. The van der Waals surface area contributed by atoms with Gasteiger partial charge in [-0.05, 0) is 36.3 Å². The van der Waals surface area contributed by atoms with Gasteiger partial charge in [-0.1, -0.05) is 36.4 Å². The zero-order chi connectivity index (χ0) is 25.9. The largest absolute Gasteiger partial charge is 0.619 e. The molecule has 0 bridgehead atoms. The van der Waals surface area contributed by atoms with Crippen LogP contribution in [0.15, 0.2) is 78.7 Å². The fraction of sp³-hybridized carbons (Fsp3) is 0.0833. The molecule has 4 aromatic rings. The Hall–Kier alpha value is -4.22. The Morgan fingerprint density at radius 1 is 1.08 bits per heavy atom. The summed E-state index contributed by atoms with van der Waals surface area (Å²) in [6.07, 6.45) is 3.91. The number of sulfonamides is 1. The normalized spacial score (nSPS) is 11.1. The highest BCUT2D eigenvalue weighted by Crippen LogP contribution is 2.39. The third-order valence-electron chi connectivity index (χ3n) is 4.90. The van der Waals surface area contributed by atoms with Crippen molar-refractivity contribution in [3.05, 3.63) is 89.6 Å². The number of ether oxygens (including phenoxy) is 2. The van der Waals surface area contributed by atoms with E-state index in [0.29, 0.717) is 21.6 Å². The third-order valence-corrected chi connectivity index (χ3v) is 6.41. The van der Waals surface area contributed by atoms with Gasteiger partial charge in [-0.3, -0.25) is 4.72 Å². The van der Waals surface area contributed by atoms with Crippen molar-refractivity contribution in [2.24, 2.45) is 0 Å². The summed E-state index contributed by atoms with van der Waals surface area (Å²) in [7, 11) is -2.75. The predicted molar refractivity (Wildman–Crippen MR) is 134 cm³/mol. The van der Waals surface area contributed by atoms with Crippen molar-refractivity contribution < 1.29 is 22.6 Å². The van der Waals surface area contributed by atoms with Crippen molar-refractivity contribution in [2.45, 2.75) is 11.9 Å². The van der Waals surface area contributed by atoms with Crippen LogP contribution in [0.25, 0.3) is 17.0 Å². The van der Waals surface area contributed by atoms with E-state index < -0.39 is 10.0 Å². The van der Waals surface area contributed by atoms with E-state index in [9.17, 15) is 13.6 Å². The van der Waals surface area contributed by atoms with Gasteiger partial charge in [0.15, 0.2) is 45.7 Å². The van der Waals surface area contributed by atoms with Crippen LogP contribution in [0.3, 0.4) is 0 Å². The number of hydrogen-bond acceptors (Lipinski definition) is 8. The minimum atomic E-state index is -4.21. The molecule has 3 aromatic heterocycles. The van der Waals surface area contributed by atoms with Gasteiger partial charge in [-0.25, -0.2) is 15.0 Å². The first-order valence-corrected chi connectivity index (χ1v) is 12.3. The molecule has 0 amide bonds. The molecule has 0 aliphatic rings. The fourth-order valence-electron chi connectivity index (χ4n) is 3.06. The van der Waals surface area contributed by atoms with Crippen LogP contribution in [0.5, 0.6) is 17.2 Å². The van der Waals surface area contributed by atoms with Gasteiger partial charge in [-0.2, -0.15) is 13.1 Å². The summed E-state index contributed by atoms with van der Waals surface area (Å²) in [6.45, 7) is 5.60. The number of hydrogen-bond donors (Lipinski definition) is 1. The lowest BCUT2D eigenvalue weighted by Crippen LogP contribution is -2.23. The number of halogens is 1. The average molecular weight is 526 g/mol. The molecule has 0 atom stereocenters. The van der Waals surface area contributed by atoms with Gasteiger partial charge in [0.25, 0.3) is 10.0 Å². The zero-order valence-electron chi connectivity index (χ0n) is 19.2. The van der Waals surface area contributed by atoms with Crippen LogP contribution in [0.2, 0.25) is 5.15 Å². The van der Waals surface area contributed by atoms with Gasteiger partial charge >= 0.3 is 0 Å². The van der Waals surface area contributed by atoms with E-state index >= 15 is 0 Å². The molecule has 0 spiro atoms. The molecule has 10 nitrogen and oxygen atoms in total.